The van der Waals surface area contributed by atoms with E-state index in [-0.39, 0.29) is 11.5 Å². The number of fused-ring (bicyclic) bond motifs is 1. The van der Waals surface area contributed by atoms with Crippen molar-refractivity contribution in [2.45, 2.75) is 23.8 Å². The minimum absolute atomic E-state index is 0.0566. The van der Waals surface area contributed by atoms with Crippen LogP contribution in [0, 0.1) is 0 Å². The zero-order chi connectivity index (χ0) is 18.7. The lowest BCUT2D eigenvalue weighted by molar-refractivity contribution is 0.102. The van der Waals surface area contributed by atoms with Crippen LogP contribution in [0.15, 0.2) is 27.8 Å². The Morgan fingerprint density at radius 1 is 1.35 bits per heavy atom. The number of thioether (sulfide) groups is 2. The number of benzene rings is 1. The monoisotopic (exact) mass is 413 g/mol. The van der Waals surface area contributed by atoms with E-state index < -0.39 is 10.0 Å². The highest BCUT2D eigenvalue weighted by molar-refractivity contribution is 7.99. The number of aromatic nitrogens is 2. The molecule has 0 spiro atoms. The van der Waals surface area contributed by atoms with Crippen molar-refractivity contribution in [3.05, 3.63) is 35.2 Å². The molecule has 10 heteroatoms. The number of aryl methyl sites for hydroxylation is 1. The van der Waals surface area contributed by atoms with Gasteiger partial charge in [0, 0.05) is 12.1 Å². The average Bonchev–Trinajstić information content (AvgIpc) is 3.05. The van der Waals surface area contributed by atoms with Crippen molar-refractivity contribution in [2.75, 3.05) is 29.1 Å². The van der Waals surface area contributed by atoms with E-state index in [4.69, 9.17) is 4.42 Å². The number of carbonyl (C=O) groups is 1. The van der Waals surface area contributed by atoms with E-state index in [9.17, 15) is 13.2 Å². The molecule has 0 unspecified atom stereocenters. The third-order valence-corrected chi connectivity index (χ3v) is 6.45. The Morgan fingerprint density at radius 3 is 2.88 bits per heavy atom. The summed E-state index contributed by atoms with van der Waals surface area (Å²) in [6.45, 7) is 0.477. The van der Waals surface area contributed by atoms with E-state index in [1.54, 1.807) is 30.0 Å². The minimum Gasteiger partial charge on any atom is -0.415 e. The van der Waals surface area contributed by atoms with Gasteiger partial charge < -0.3 is 4.42 Å². The van der Waals surface area contributed by atoms with Gasteiger partial charge in [0.2, 0.25) is 15.9 Å². The summed E-state index contributed by atoms with van der Waals surface area (Å²) in [5, 5.41) is 8.21. The molecule has 1 aliphatic rings. The quantitative estimate of drug-likeness (QED) is 0.505. The molecule has 1 aromatic carbocycles. The van der Waals surface area contributed by atoms with Gasteiger partial charge in [-0.2, -0.15) is 11.8 Å². The van der Waals surface area contributed by atoms with Crippen LogP contribution in [-0.4, -0.2) is 49.2 Å². The zero-order valence-corrected chi connectivity index (χ0v) is 16.9. The van der Waals surface area contributed by atoms with Gasteiger partial charge in [-0.25, -0.2) is 8.42 Å². The van der Waals surface area contributed by atoms with Crippen LogP contribution in [0.1, 0.15) is 28.2 Å². The molecule has 0 fully saturated rings. The Morgan fingerprint density at radius 2 is 2.15 bits per heavy atom. The van der Waals surface area contributed by atoms with E-state index >= 15 is 0 Å². The summed E-state index contributed by atoms with van der Waals surface area (Å²) in [6, 6.07) is 5.19. The maximum absolute atomic E-state index is 12.5. The number of anilines is 1. The normalized spacial score (nSPS) is 14.3. The summed E-state index contributed by atoms with van der Waals surface area (Å²) in [6.07, 6.45) is 4.65. The molecule has 0 N–H and O–H groups in total. The van der Waals surface area contributed by atoms with E-state index in [1.807, 2.05) is 6.26 Å². The van der Waals surface area contributed by atoms with Crippen LogP contribution >= 0.6 is 23.5 Å². The molecule has 0 aliphatic carbocycles. The molecule has 3 rings (SSSR count). The van der Waals surface area contributed by atoms with Gasteiger partial charge in [0.15, 0.2) is 5.78 Å². The molecular weight excluding hydrogens is 394 g/mol. The van der Waals surface area contributed by atoms with Crippen LogP contribution in [0.25, 0.3) is 0 Å². The third-order valence-electron chi connectivity index (χ3n) is 3.92. The molecule has 7 nitrogen and oxygen atoms in total. The predicted octanol–water partition coefficient (Wildman–Crippen LogP) is 2.62. The number of rotatable bonds is 7. The van der Waals surface area contributed by atoms with Crippen LogP contribution in [0.2, 0.25) is 0 Å². The Balaban J connectivity index is 1.70. The van der Waals surface area contributed by atoms with Gasteiger partial charge in [-0.15, -0.1) is 10.2 Å². The molecule has 26 heavy (non-hydrogen) atoms. The van der Waals surface area contributed by atoms with Gasteiger partial charge in [0.25, 0.3) is 5.22 Å². The first kappa shape index (κ1) is 19.2. The standard InChI is InChI=1S/C16H19N3O4S3/c1-24-10-15-17-18-16(23-15)25-9-14(20)12-5-6-13-11(8-12)4-3-7-19(13)26(2,21)22/h5-6,8H,3-4,7,9-10H2,1-2H3. The van der Waals surface area contributed by atoms with Crippen LogP contribution in [0.3, 0.4) is 0 Å². The smallest absolute Gasteiger partial charge is 0.277 e. The highest BCUT2D eigenvalue weighted by atomic mass is 32.2. The minimum atomic E-state index is -3.31. The van der Waals surface area contributed by atoms with Gasteiger partial charge >= 0.3 is 0 Å². The van der Waals surface area contributed by atoms with Crippen molar-refractivity contribution < 1.29 is 17.6 Å². The van der Waals surface area contributed by atoms with E-state index in [0.717, 1.165) is 18.4 Å². The fraction of sp³-hybridized carbons (Fsp3) is 0.438. The van der Waals surface area contributed by atoms with E-state index in [1.165, 1.54) is 22.3 Å². The van der Waals surface area contributed by atoms with Crippen molar-refractivity contribution >= 4 is 45.0 Å². The lowest BCUT2D eigenvalue weighted by Crippen LogP contribution is -2.34. The van der Waals surface area contributed by atoms with Crippen LogP contribution in [-0.2, 0) is 22.2 Å². The zero-order valence-electron chi connectivity index (χ0n) is 14.5. The molecule has 0 atom stereocenters. The summed E-state index contributed by atoms with van der Waals surface area (Å²) in [5.41, 5.74) is 2.12. The number of Topliss-reactive ketones (excluding diaryl/α,β-unsaturated/α-hetero) is 1. The maximum atomic E-state index is 12.5. The molecule has 0 saturated heterocycles. The summed E-state index contributed by atoms with van der Waals surface area (Å²) in [7, 11) is -3.31. The number of hydrogen-bond donors (Lipinski definition) is 0. The Bertz CT molecular complexity index is 911. The Labute approximate surface area is 161 Å². The number of ketones is 1. The lowest BCUT2D eigenvalue weighted by Gasteiger charge is -2.29. The second kappa shape index (κ2) is 8.01. The first-order valence-electron chi connectivity index (χ1n) is 7.96. The second-order valence-corrected chi connectivity index (χ2v) is 9.59. The number of sulfonamides is 1. The third kappa shape index (κ3) is 4.41. The number of hydrogen-bond acceptors (Lipinski definition) is 8. The number of nitrogens with zero attached hydrogens (tertiary/aromatic N) is 3. The van der Waals surface area contributed by atoms with Crippen molar-refractivity contribution in [1.29, 1.82) is 0 Å². The van der Waals surface area contributed by atoms with Gasteiger partial charge in [0.1, 0.15) is 0 Å². The van der Waals surface area contributed by atoms with Gasteiger partial charge in [-0.1, -0.05) is 11.8 Å². The van der Waals surface area contributed by atoms with Crippen molar-refractivity contribution in [2.24, 2.45) is 0 Å². The topological polar surface area (TPSA) is 93.4 Å². The average molecular weight is 414 g/mol. The SMILES string of the molecule is CSCc1nnc(SCC(=O)c2ccc3c(c2)CCCN3S(C)(=O)=O)o1. The van der Waals surface area contributed by atoms with Crippen LogP contribution < -0.4 is 4.31 Å². The maximum Gasteiger partial charge on any atom is 0.277 e. The molecule has 0 bridgehead atoms. The fourth-order valence-electron chi connectivity index (χ4n) is 2.77. The summed E-state index contributed by atoms with van der Waals surface area (Å²) in [4.78, 5) is 12.5. The molecule has 1 aromatic heterocycles. The molecule has 0 saturated carbocycles. The first-order chi connectivity index (χ1) is 12.4. The van der Waals surface area contributed by atoms with E-state index in [2.05, 4.69) is 10.2 Å². The summed E-state index contributed by atoms with van der Waals surface area (Å²) < 4.78 is 30.7. The predicted molar refractivity (Wildman–Crippen MR) is 104 cm³/mol. The van der Waals surface area contributed by atoms with Crippen molar-refractivity contribution in [1.82, 2.24) is 10.2 Å². The molecule has 0 radical (unpaired) electrons. The molecule has 2 aromatic rings. The Kier molecular flexibility index (Phi) is 5.93. The largest absolute Gasteiger partial charge is 0.415 e. The summed E-state index contributed by atoms with van der Waals surface area (Å²) in [5.74, 6) is 1.32. The van der Waals surface area contributed by atoms with Gasteiger partial charge in [-0.3, -0.25) is 9.10 Å². The van der Waals surface area contributed by atoms with Gasteiger partial charge in [-0.05, 0) is 42.9 Å². The van der Waals surface area contributed by atoms with Crippen molar-refractivity contribution in [3.63, 3.8) is 0 Å². The molecule has 0 amide bonds. The molecular formula is C16H19N3O4S3. The van der Waals surface area contributed by atoms with Gasteiger partial charge in [0.05, 0.1) is 23.4 Å². The van der Waals surface area contributed by atoms with Crippen LogP contribution in [0.4, 0.5) is 5.69 Å². The van der Waals surface area contributed by atoms with E-state index in [0.29, 0.717) is 34.7 Å². The first-order valence-corrected chi connectivity index (χ1v) is 12.2. The molecule has 2 heterocycles. The lowest BCUT2D eigenvalue weighted by atomic mass is 9.99. The molecule has 140 valence electrons. The van der Waals surface area contributed by atoms with Crippen LogP contribution in [0.5, 0.6) is 0 Å². The molecule has 1 aliphatic heterocycles. The fourth-order valence-corrected chi connectivity index (χ4v) is 4.80. The summed E-state index contributed by atoms with van der Waals surface area (Å²) >= 11 is 2.79. The highest BCUT2D eigenvalue weighted by Gasteiger charge is 2.24. The second-order valence-electron chi connectivity index (χ2n) is 5.89. The van der Waals surface area contributed by atoms with Crippen molar-refractivity contribution in [3.8, 4) is 0 Å². The highest BCUT2D eigenvalue weighted by Crippen LogP contribution is 2.30. The number of carbonyl (C=O) groups excluding carboxylic acids is 1. The Hall–Kier alpha value is -1.52.